The minimum atomic E-state index is -3.37. The molecule has 0 unspecified atom stereocenters. The molecule has 0 heterocycles. The summed E-state index contributed by atoms with van der Waals surface area (Å²) in [6.07, 6.45) is 1.79. The molecule has 2 aromatic carbocycles. The van der Waals surface area contributed by atoms with Gasteiger partial charge >= 0.3 is 0 Å². The van der Waals surface area contributed by atoms with E-state index in [2.05, 4.69) is 10.0 Å². The second-order valence-corrected chi connectivity index (χ2v) is 7.43. The van der Waals surface area contributed by atoms with Gasteiger partial charge in [-0.3, -0.25) is 9.52 Å². The number of hydrogen-bond donors (Lipinski definition) is 2. The van der Waals surface area contributed by atoms with Gasteiger partial charge in [-0.1, -0.05) is 6.07 Å². The van der Waals surface area contributed by atoms with Crippen LogP contribution in [0.15, 0.2) is 42.5 Å². The zero-order chi connectivity index (χ0) is 19.2. The van der Waals surface area contributed by atoms with Crippen LogP contribution in [0.25, 0.3) is 0 Å². The summed E-state index contributed by atoms with van der Waals surface area (Å²) in [5.41, 5.74) is 1.77. The second kappa shape index (κ2) is 8.57. The number of hydrogen-bond acceptors (Lipinski definition) is 5. The number of anilines is 2. The van der Waals surface area contributed by atoms with E-state index in [0.29, 0.717) is 29.3 Å². The van der Waals surface area contributed by atoms with Crippen LogP contribution in [0.4, 0.5) is 11.4 Å². The van der Waals surface area contributed by atoms with Gasteiger partial charge < -0.3 is 14.8 Å². The highest BCUT2D eigenvalue weighted by Gasteiger charge is 2.09. The third-order valence-corrected chi connectivity index (χ3v) is 4.17. The maximum Gasteiger partial charge on any atom is 0.229 e. The summed E-state index contributed by atoms with van der Waals surface area (Å²) in [7, 11) is -0.217. The Morgan fingerprint density at radius 2 is 1.77 bits per heavy atom. The van der Waals surface area contributed by atoms with E-state index in [9.17, 15) is 13.2 Å². The van der Waals surface area contributed by atoms with E-state index in [0.717, 1.165) is 11.8 Å². The molecule has 0 radical (unpaired) electrons. The Labute approximate surface area is 153 Å². The molecule has 26 heavy (non-hydrogen) atoms. The summed E-state index contributed by atoms with van der Waals surface area (Å²) in [6.45, 7) is 0. The molecule has 0 fully saturated rings. The first kappa shape index (κ1) is 19.6. The summed E-state index contributed by atoms with van der Waals surface area (Å²) < 4.78 is 35.4. The summed E-state index contributed by atoms with van der Waals surface area (Å²) in [5.74, 6) is 1.20. The monoisotopic (exact) mass is 378 g/mol. The van der Waals surface area contributed by atoms with Gasteiger partial charge in [-0.25, -0.2) is 8.42 Å². The number of sulfonamides is 1. The van der Waals surface area contributed by atoms with Gasteiger partial charge in [0.25, 0.3) is 0 Å². The first-order valence-electron chi connectivity index (χ1n) is 7.89. The minimum Gasteiger partial charge on any atom is -0.497 e. The van der Waals surface area contributed by atoms with Gasteiger partial charge in [-0.05, 0) is 48.4 Å². The molecular formula is C18H22N2O5S. The molecule has 7 nitrogen and oxygen atoms in total. The number of carbonyl (C=O) groups is 1. The van der Waals surface area contributed by atoms with Gasteiger partial charge in [0.05, 0.1) is 26.2 Å². The first-order chi connectivity index (χ1) is 12.3. The van der Waals surface area contributed by atoms with E-state index in [4.69, 9.17) is 9.47 Å². The molecule has 1 amide bonds. The third kappa shape index (κ3) is 5.96. The van der Waals surface area contributed by atoms with Crippen molar-refractivity contribution in [3.05, 3.63) is 48.0 Å². The number of methoxy groups -OCH3 is 2. The number of benzene rings is 2. The molecule has 0 atom stereocenters. The predicted octanol–water partition coefficient (Wildman–Crippen LogP) is 2.65. The quantitative estimate of drug-likeness (QED) is 0.736. The fraction of sp³-hybridized carbons (Fsp3) is 0.278. The van der Waals surface area contributed by atoms with Crippen LogP contribution in [-0.4, -0.2) is 34.8 Å². The Morgan fingerprint density at radius 3 is 2.42 bits per heavy atom. The molecule has 0 aromatic heterocycles. The van der Waals surface area contributed by atoms with E-state index in [-0.39, 0.29) is 12.3 Å². The molecular weight excluding hydrogens is 356 g/mol. The highest BCUT2D eigenvalue weighted by molar-refractivity contribution is 7.92. The molecule has 0 spiro atoms. The molecule has 0 aliphatic rings. The summed E-state index contributed by atoms with van der Waals surface area (Å²) in [4.78, 5) is 12.2. The maximum absolute atomic E-state index is 12.2. The number of amides is 1. The smallest absolute Gasteiger partial charge is 0.229 e. The largest absolute Gasteiger partial charge is 0.497 e. The van der Waals surface area contributed by atoms with Gasteiger partial charge in [0.2, 0.25) is 15.9 Å². The van der Waals surface area contributed by atoms with E-state index in [1.165, 1.54) is 0 Å². The Morgan fingerprint density at radius 1 is 1.04 bits per heavy atom. The third-order valence-electron chi connectivity index (χ3n) is 3.56. The van der Waals surface area contributed by atoms with Crippen LogP contribution in [0.3, 0.4) is 0 Å². The molecule has 0 saturated carbocycles. The lowest BCUT2D eigenvalue weighted by Crippen LogP contribution is -2.13. The molecule has 8 heteroatoms. The highest BCUT2D eigenvalue weighted by atomic mass is 32.2. The van der Waals surface area contributed by atoms with Crippen molar-refractivity contribution in [1.82, 2.24) is 0 Å². The van der Waals surface area contributed by atoms with E-state index >= 15 is 0 Å². The summed E-state index contributed by atoms with van der Waals surface area (Å²) in [6, 6.07) is 12.0. The number of ether oxygens (including phenoxy) is 2. The SMILES string of the molecule is COc1ccc(OC)c(CCC(=O)Nc2cccc(NS(C)(=O)=O)c2)c1. The first-order valence-corrected chi connectivity index (χ1v) is 9.78. The van der Waals surface area contributed by atoms with Crippen LogP contribution in [0, 0.1) is 0 Å². The van der Waals surface area contributed by atoms with Crippen molar-refractivity contribution in [2.24, 2.45) is 0 Å². The Balaban J connectivity index is 2.00. The van der Waals surface area contributed by atoms with Crippen molar-refractivity contribution in [2.75, 3.05) is 30.5 Å². The molecule has 2 rings (SSSR count). The lowest BCUT2D eigenvalue weighted by molar-refractivity contribution is -0.116. The standard InChI is InChI=1S/C18H22N2O5S/c1-24-16-8-9-17(25-2)13(11-16)7-10-18(21)19-14-5-4-6-15(12-14)20-26(3,22)23/h4-6,8-9,11-12,20H,7,10H2,1-3H3,(H,19,21). The van der Waals surface area contributed by atoms with Crippen molar-refractivity contribution in [3.8, 4) is 11.5 Å². The molecule has 0 aliphatic heterocycles. The highest BCUT2D eigenvalue weighted by Crippen LogP contribution is 2.25. The van der Waals surface area contributed by atoms with Crippen LogP contribution < -0.4 is 19.5 Å². The van der Waals surface area contributed by atoms with Crippen molar-refractivity contribution in [2.45, 2.75) is 12.8 Å². The van der Waals surface area contributed by atoms with Crippen molar-refractivity contribution >= 4 is 27.3 Å². The normalized spacial score (nSPS) is 10.9. The van der Waals surface area contributed by atoms with Gasteiger partial charge in [-0.15, -0.1) is 0 Å². The fourth-order valence-electron chi connectivity index (χ4n) is 2.42. The Hall–Kier alpha value is -2.74. The number of nitrogens with one attached hydrogen (secondary N) is 2. The predicted molar refractivity (Wildman–Crippen MR) is 101 cm³/mol. The van der Waals surface area contributed by atoms with Crippen molar-refractivity contribution < 1.29 is 22.7 Å². The van der Waals surface area contributed by atoms with Crippen molar-refractivity contribution in [1.29, 1.82) is 0 Å². The van der Waals surface area contributed by atoms with E-state index in [1.807, 2.05) is 6.07 Å². The lowest BCUT2D eigenvalue weighted by Gasteiger charge is -2.11. The molecule has 0 bridgehead atoms. The van der Waals surface area contributed by atoms with Gasteiger partial charge in [0.1, 0.15) is 11.5 Å². The minimum absolute atomic E-state index is 0.189. The zero-order valence-corrected chi connectivity index (χ0v) is 15.7. The second-order valence-electron chi connectivity index (χ2n) is 5.68. The van der Waals surface area contributed by atoms with Crippen molar-refractivity contribution in [3.63, 3.8) is 0 Å². The van der Waals surface area contributed by atoms with Crippen LogP contribution in [0.1, 0.15) is 12.0 Å². The summed E-state index contributed by atoms with van der Waals surface area (Å²) >= 11 is 0. The van der Waals surface area contributed by atoms with Crippen LogP contribution in [-0.2, 0) is 21.2 Å². The average Bonchev–Trinajstić information content (AvgIpc) is 2.58. The van der Waals surface area contributed by atoms with E-state index in [1.54, 1.807) is 50.6 Å². The summed E-state index contributed by atoms with van der Waals surface area (Å²) in [5, 5.41) is 2.76. The van der Waals surface area contributed by atoms with Gasteiger partial charge in [0, 0.05) is 12.1 Å². The number of aryl methyl sites for hydroxylation is 1. The fourth-order valence-corrected chi connectivity index (χ4v) is 2.98. The Kier molecular flexibility index (Phi) is 6.46. The van der Waals surface area contributed by atoms with Crippen LogP contribution in [0.2, 0.25) is 0 Å². The van der Waals surface area contributed by atoms with E-state index < -0.39 is 10.0 Å². The maximum atomic E-state index is 12.2. The number of rotatable bonds is 8. The van der Waals surface area contributed by atoms with Crippen LogP contribution >= 0.6 is 0 Å². The molecule has 140 valence electrons. The number of carbonyl (C=O) groups excluding carboxylic acids is 1. The Bertz CT molecular complexity index is 881. The molecule has 0 saturated heterocycles. The average molecular weight is 378 g/mol. The van der Waals surface area contributed by atoms with Gasteiger partial charge in [0.15, 0.2) is 0 Å². The van der Waals surface area contributed by atoms with Crippen LogP contribution in [0.5, 0.6) is 11.5 Å². The van der Waals surface area contributed by atoms with Gasteiger partial charge in [-0.2, -0.15) is 0 Å². The lowest BCUT2D eigenvalue weighted by atomic mass is 10.1. The zero-order valence-electron chi connectivity index (χ0n) is 14.9. The molecule has 2 N–H and O–H groups in total. The molecule has 2 aromatic rings. The molecule has 0 aliphatic carbocycles. The topological polar surface area (TPSA) is 93.7 Å².